The van der Waals surface area contributed by atoms with Gasteiger partial charge in [-0.15, -0.1) is 0 Å². The molecule has 1 aliphatic carbocycles. The van der Waals surface area contributed by atoms with Crippen LogP contribution in [0.5, 0.6) is 5.75 Å². The van der Waals surface area contributed by atoms with Gasteiger partial charge in [0.15, 0.2) is 5.65 Å². The summed E-state index contributed by atoms with van der Waals surface area (Å²) in [4.78, 5) is 29.6. The Hall–Kier alpha value is -4.27. The predicted molar refractivity (Wildman–Crippen MR) is 135 cm³/mol. The van der Waals surface area contributed by atoms with Gasteiger partial charge >= 0.3 is 5.97 Å². The lowest BCUT2D eigenvalue weighted by molar-refractivity contribution is -0.139. The molecule has 2 heterocycles. The monoisotopic (exact) mass is 502 g/mol. The van der Waals surface area contributed by atoms with Crippen LogP contribution in [0.4, 0.5) is 4.39 Å². The highest BCUT2D eigenvalue weighted by Gasteiger charge is 2.27. The molecule has 2 aromatic heterocycles. The summed E-state index contributed by atoms with van der Waals surface area (Å²) in [5.74, 6) is -1.80. The van der Waals surface area contributed by atoms with Crippen LogP contribution in [0.3, 0.4) is 0 Å². The third-order valence-electron chi connectivity index (χ3n) is 6.94. The zero-order valence-corrected chi connectivity index (χ0v) is 20.1. The first kappa shape index (κ1) is 24.4. The molecule has 1 atom stereocenters. The van der Waals surface area contributed by atoms with Crippen molar-refractivity contribution in [2.75, 3.05) is 0 Å². The molecule has 0 unspecified atom stereocenters. The van der Waals surface area contributed by atoms with E-state index < -0.39 is 17.9 Å². The normalized spacial score (nSPS) is 14.9. The molecule has 2 aromatic carbocycles. The summed E-state index contributed by atoms with van der Waals surface area (Å²) >= 11 is 0. The van der Waals surface area contributed by atoms with Crippen LogP contribution in [0.25, 0.3) is 16.8 Å². The topological polar surface area (TPSA) is 117 Å². The van der Waals surface area contributed by atoms with E-state index in [1.54, 1.807) is 35.0 Å². The van der Waals surface area contributed by atoms with E-state index in [2.05, 4.69) is 15.4 Å². The van der Waals surface area contributed by atoms with Crippen molar-refractivity contribution < 1.29 is 24.2 Å². The minimum atomic E-state index is -1.18. The Balaban J connectivity index is 1.49. The second-order valence-electron chi connectivity index (χ2n) is 9.43. The average Bonchev–Trinajstić information content (AvgIpc) is 3.34. The van der Waals surface area contributed by atoms with Gasteiger partial charge in [-0.05, 0) is 48.2 Å². The van der Waals surface area contributed by atoms with Crippen LogP contribution in [0, 0.1) is 5.82 Å². The number of hydrogen-bond donors (Lipinski definition) is 3. The summed E-state index contributed by atoms with van der Waals surface area (Å²) < 4.78 is 15.3. The van der Waals surface area contributed by atoms with Crippen molar-refractivity contribution >= 4 is 17.5 Å². The number of aromatic nitrogens is 3. The maximum atomic E-state index is 13.6. The molecule has 0 aliphatic heterocycles. The number of nitrogens with one attached hydrogen (secondary N) is 1. The maximum absolute atomic E-state index is 13.6. The molecule has 1 fully saturated rings. The molecule has 190 valence electrons. The van der Waals surface area contributed by atoms with Crippen LogP contribution in [-0.4, -0.2) is 42.7 Å². The molecule has 9 heteroatoms. The standard InChI is InChI=1S/C28H27FN4O4/c29-20-10-8-18(9-11-20)22-15-30-26-23(16-31-33(26)25(22)19-4-2-1-3-5-19)27(35)32-24(28(36)37)14-17-6-12-21(34)13-7-17/h6-13,15-16,19,24,34H,1-5,14H2,(H,32,35)(H,36,37)/t24-/m0/s1. The number of fused-ring (bicyclic) bond motifs is 1. The number of phenols is 1. The number of rotatable bonds is 7. The number of phenolic OH excluding ortho intramolecular Hbond substituents is 1. The van der Waals surface area contributed by atoms with E-state index in [-0.39, 0.29) is 29.5 Å². The largest absolute Gasteiger partial charge is 0.508 e. The van der Waals surface area contributed by atoms with Crippen molar-refractivity contribution in [2.24, 2.45) is 0 Å². The van der Waals surface area contributed by atoms with E-state index in [1.165, 1.54) is 36.9 Å². The molecule has 0 radical (unpaired) electrons. The number of hydrogen-bond acceptors (Lipinski definition) is 5. The van der Waals surface area contributed by atoms with Gasteiger partial charge in [-0.3, -0.25) is 4.79 Å². The summed E-state index contributed by atoms with van der Waals surface area (Å²) in [6.07, 6.45) is 8.45. The van der Waals surface area contributed by atoms with E-state index in [0.717, 1.165) is 42.5 Å². The summed E-state index contributed by atoms with van der Waals surface area (Å²) in [5.41, 5.74) is 3.77. The average molecular weight is 503 g/mol. The first-order chi connectivity index (χ1) is 17.9. The van der Waals surface area contributed by atoms with Gasteiger partial charge in [0, 0.05) is 24.1 Å². The number of aliphatic carboxylic acids is 1. The maximum Gasteiger partial charge on any atom is 0.326 e. The van der Waals surface area contributed by atoms with Crippen LogP contribution in [0.2, 0.25) is 0 Å². The molecule has 37 heavy (non-hydrogen) atoms. The van der Waals surface area contributed by atoms with E-state index in [1.807, 2.05) is 0 Å². The number of carbonyl (C=O) groups is 2. The van der Waals surface area contributed by atoms with Crippen LogP contribution in [0.1, 0.15) is 59.6 Å². The van der Waals surface area contributed by atoms with Crippen molar-refractivity contribution in [1.29, 1.82) is 0 Å². The Kier molecular flexibility index (Phi) is 6.85. The second-order valence-corrected chi connectivity index (χ2v) is 9.43. The van der Waals surface area contributed by atoms with Crippen molar-refractivity contribution in [2.45, 2.75) is 50.5 Å². The Labute approximate surface area is 212 Å². The lowest BCUT2D eigenvalue weighted by atomic mass is 9.84. The SMILES string of the molecule is O=C(N[C@@H](Cc1ccc(O)cc1)C(=O)O)c1cnn2c(C3CCCCC3)c(-c3ccc(F)cc3)cnc12. The Morgan fingerprint density at radius 2 is 1.73 bits per heavy atom. The third kappa shape index (κ3) is 5.16. The zero-order chi connectivity index (χ0) is 25.9. The van der Waals surface area contributed by atoms with Gasteiger partial charge in [0.05, 0.1) is 11.9 Å². The molecule has 4 aromatic rings. The quantitative estimate of drug-likeness (QED) is 0.337. The summed E-state index contributed by atoms with van der Waals surface area (Å²) in [5, 5.41) is 26.3. The highest BCUT2D eigenvalue weighted by Crippen LogP contribution is 2.38. The van der Waals surface area contributed by atoms with Gasteiger partial charge in [0.1, 0.15) is 23.2 Å². The van der Waals surface area contributed by atoms with E-state index in [4.69, 9.17) is 0 Å². The van der Waals surface area contributed by atoms with Gasteiger partial charge in [-0.2, -0.15) is 5.10 Å². The Bertz CT molecular complexity index is 1430. The highest BCUT2D eigenvalue weighted by molar-refractivity contribution is 6.01. The van der Waals surface area contributed by atoms with Crippen LogP contribution in [-0.2, 0) is 11.2 Å². The molecule has 5 rings (SSSR count). The molecule has 1 saturated carbocycles. The van der Waals surface area contributed by atoms with Gasteiger partial charge in [0.2, 0.25) is 0 Å². The molecule has 0 bridgehead atoms. The summed E-state index contributed by atoms with van der Waals surface area (Å²) in [6.45, 7) is 0. The van der Waals surface area contributed by atoms with Crippen LogP contribution >= 0.6 is 0 Å². The predicted octanol–water partition coefficient (Wildman–Crippen LogP) is 4.71. The molecular formula is C28H27FN4O4. The second kappa shape index (κ2) is 10.4. The highest BCUT2D eigenvalue weighted by atomic mass is 19.1. The third-order valence-corrected chi connectivity index (χ3v) is 6.94. The van der Waals surface area contributed by atoms with Crippen LogP contribution < -0.4 is 5.32 Å². The van der Waals surface area contributed by atoms with Crippen molar-refractivity contribution in [3.05, 3.63) is 83.6 Å². The minimum absolute atomic E-state index is 0.0516. The molecule has 1 amide bonds. The molecule has 0 spiro atoms. The fraction of sp³-hybridized carbons (Fsp3) is 0.286. The Morgan fingerprint density at radius 3 is 2.41 bits per heavy atom. The fourth-order valence-corrected chi connectivity index (χ4v) is 5.03. The fourth-order valence-electron chi connectivity index (χ4n) is 5.03. The number of amides is 1. The molecule has 3 N–H and O–H groups in total. The van der Waals surface area contributed by atoms with E-state index in [9.17, 15) is 24.2 Å². The number of carboxylic acids is 1. The number of benzene rings is 2. The smallest absolute Gasteiger partial charge is 0.326 e. The van der Waals surface area contributed by atoms with Crippen LogP contribution in [0.15, 0.2) is 60.9 Å². The minimum Gasteiger partial charge on any atom is -0.508 e. The van der Waals surface area contributed by atoms with E-state index in [0.29, 0.717) is 11.2 Å². The van der Waals surface area contributed by atoms with Gasteiger partial charge in [-0.1, -0.05) is 43.5 Å². The zero-order valence-electron chi connectivity index (χ0n) is 20.1. The molecule has 1 aliphatic rings. The molecular weight excluding hydrogens is 475 g/mol. The summed E-state index contributed by atoms with van der Waals surface area (Å²) in [6, 6.07) is 11.2. The molecule has 8 nitrogen and oxygen atoms in total. The van der Waals surface area contributed by atoms with Gasteiger partial charge in [-0.25, -0.2) is 18.7 Å². The van der Waals surface area contributed by atoms with Gasteiger partial charge in [0.25, 0.3) is 5.91 Å². The van der Waals surface area contributed by atoms with Crippen molar-refractivity contribution in [3.63, 3.8) is 0 Å². The first-order valence-electron chi connectivity index (χ1n) is 12.3. The summed E-state index contributed by atoms with van der Waals surface area (Å²) in [7, 11) is 0. The number of carboxylic acid groups (broad SMARTS) is 1. The number of nitrogens with zero attached hydrogens (tertiary/aromatic N) is 3. The van der Waals surface area contributed by atoms with Gasteiger partial charge < -0.3 is 15.5 Å². The Morgan fingerprint density at radius 1 is 1.03 bits per heavy atom. The number of aromatic hydroxyl groups is 1. The lowest BCUT2D eigenvalue weighted by Crippen LogP contribution is -2.42. The first-order valence-corrected chi connectivity index (χ1v) is 12.3. The number of carbonyl (C=O) groups excluding carboxylic acids is 1. The molecule has 0 saturated heterocycles. The van der Waals surface area contributed by atoms with Crippen molar-refractivity contribution in [1.82, 2.24) is 19.9 Å². The number of halogens is 1. The van der Waals surface area contributed by atoms with Crippen molar-refractivity contribution in [3.8, 4) is 16.9 Å². The van der Waals surface area contributed by atoms with E-state index >= 15 is 0 Å². The lowest BCUT2D eigenvalue weighted by Gasteiger charge is -2.25.